The van der Waals surface area contributed by atoms with Crippen LogP contribution in [0.25, 0.3) is 0 Å². The maximum atomic E-state index is 5.73. The lowest BCUT2D eigenvalue weighted by atomic mass is 10.2. The summed E-state index contributed by atoms with van der Waals surface area (Å²) in [6.45, 7) is 2.04. The molecular weight excluding hydrogens is 222 g/mol. The van der Waals surface area contributed by atoms with Crippen molar-refractivity contribution in [3.63, 3.8) is 0 Å². The molecule has 7 heteroatoms. The fraction of sp³-hybridized carbons (Fsp3) is 0.714. The lowest BCUT2D eigenvalue weighted by molar-refractivity contribution is 0.376. The maximum absolute atomic E-state index is 5.73. The number of nitrogens with two attached hydrogens (primary N) is 1. The molecule has 2 rings (SSSR count). The predicted molar refractivity (Wildman–Crippen MR) is 60.1 cm³/mol. The molecule has 0 bridgehead atoms. The lowest BCUT2D eigenvalue weighted by Gasteiger charge is -2.26. The minimum Gasteiger partial charge on any atom is -0.367 e. The Balaban J connectivity index is 2.14. The second-order valence-electron chi connectivity index (χ2n) is 3.16. The first kappa shape index (κ1) is 10.1. The van der Waals surface area contributed by atoms with Crippen molar-refractivity contribution in [3.8, 4) is 0 Å². The van der Waals surface area contributed by atoms with Crippen LogP contribution in [0.5, 0.6) is 0 Å². The molecule has 0 aromatic rings. The molecule has 14 heavy (non-hydrogen) atoms. The van der Waals surface area contributed by atoms with Crippen molar-refractivity contribution in [1.29, 1.82) is 0 Å². The molecule has 2 heterocycles. The molecule has 0 saturated carbocycles. The third-order valence-electron chi connectivity index (χ3n) is 2.08. The first-order valence-corrected chi connectivity index (χ1v) is 6.03. The molecule has 0 aromatic carbocycles. The van der Waals surface area contributed by atoms with Gasteiger partial charge < -0.3 is 5.73 Å². The Kier molecular flexibility index (Phi) is 3.15. The van der Waals surface area contributed by atoms with Gasteiger partial charge in [-0.1, -0.05) is 6.42 Å². The van der Waals surface area contributed by atoms with Gasteiger partial charge in [0.25, 0.3) is 0 Å². The zero-order valence-corrected chi connectivity index (χ0v) is 9.26. The van der Waals surface area contributed by atoms with Crippen molar-refractivity contribution < 1.29 is 0 Å². The number of hydrogen-bond donors (Lipinski definition) is 1. The van der Waals surface area contributed by atoms with Crippen molar-refractivity contribution in [2.75, 3.05) is 13.1 Å². The van der Waals surface area contributed by atoms with Gasteiger partial charge in [0.15, 0.2) is 0 Å². The smallest absolute Gasteiger partial charge is 0.234 e. The van der Waals surface area contributed by atoms with Crippen LogP contribution in [0.4, 0.5) is 0 Å². The van der Waals surface area contributed by atoms with Crippen LogP contribution in [0.15, 0.2) is 13.8 Å². The fourth-order valence-corrected chi connectivity index (χ4v) is 2.96. The number of halogens is 1. The molecular formula is C7H12ClN5S. The zero-order chi connectivity index (χ0) is 9.97. The van der Waals surface area contributed by atoms with E-state index in [-0.39, 0.29) is 11.3 Å². The van der Waals surface area contributed by atoms with Crippen LogP contribution >= 0.6 is 11.6 Å². The average molecular weight is 234 g/mol. The van der Waals surface area contributed by atoms with Crippen LogP contribution < -0.4 is 5.73 Å². The van der Waals surface area contributed by atoms with Crippen LogP contribution in [0.3, 0.4) is 0 Å². The minimum absolute atomic E-state index is 0.214. The summed E-state index contributed by atoms with van der Waals surface area (Å²) < 4.78 is 10.5. The summed E-state index contributed by atoms with van der Waals surface area (Å²) >= 11 is 5.20. The highest BCUT2D eigenvalue weighted by Gasteiger charge is 2.17. The van der Waals surface area contributed by atoms with Crippen molar-refractivity contribution in [2.45, 2.75) is 19.3 Å². The van der Waals surface area contributed by atoms with Crippen LogP contribution in [0.2, 0.25) is 0 Å². The molecule has 0 radical (unpaired) electrons. The van der Waals surface area contributed by atoms with Crippen molar-refractivity contribution in [2.24, 2.45) is 19.5 Å². The number of nitrogens with zero attached hydrogens (tertiary/aromatic N) is 4. The van der Waals surface area contributed by atoms with Crippen molar-refractivity contribution in [1.82, 2.24) is 4.31 Å². The van der Waals surface area contributed by atoms with Crippen LogP contribution in [-0.4, -0.2) is 28.6 Å². The van der Waals surface area contributed by atoms with Crippen molar-refractivity contribution in [3.05, 3.63) is 0 Å². The normalized spacial score (nSPS) is 29.1. The monoisotopic (exact) mass is 233 g/mol. The van der Waals surface area contributed by atoms with Gasteiger partial charge >= 0.3 is 0 Å². The van der Waals surface area contributed by atoms with E-state index in [1.165, 1.54) is 19.3 Å². The van der Waals surface area contributed by atoms with Gasteiger partial charge in [-0.25, -0.2) is 4.31 Å². The highest BCUT2D eigenvalue weighted by molar-refractivity contribution is 7.84. The highest BCUT2D eigenvalue weighted by Crippen LogP contribution is 2.15. The number of amidine groups is 1. The molecule has 0 amide bonds. The molecule has 1 atom stereocenters. The number of hydrogen-bond acceptors (Lipinski definition) is 5. The van der Waals surface area contributed by atoms with Gasteiger partial charge in [-0.2, -0.15) is 13.8 Å². The van der Waals surface area contributed by atoms with Crippen LogP contribution in [0.1, 0.15) is 19.3 Å². The first-order chi connectivity index (χ1) is 6.75. The van der Waals surface area contributed by atoms with E-state index in [4.69, 9.17) is 17.3 Å². The highest BCUT2D eigenvalue weighted by atomic mass is 35.5. The van der Waals surface area contributed by atoms with E-state index in [0.717, 1.165) is 13.1 Å². The quantitative estimate of drug-likeness (QED) is 0.688. The Bertz CT molecular complexity index is 315. The number of rotatable bonds is 1. The van der Waals surface area contributed by atoms with E-state index >= 15 is 0 Å². The van der Waals surface area contributed by atoms with Gasteiger partial charge in [0, 0.05) is 13.1 Å². The number of guanidine groups is 1. The molecule has 2 N–H and O–H groups in total. The Morgan fingerprint density at radius 2 is 2.00 bits per heavy atom. The van der Waals surface area contributed by atoms with Gasteiger partial charge in [-0.05, 0) is 24.4 Å². The summed E-state index contributed by atoms with van der Waals surface area (Å²) in [5.41, 5.74) is 5.52. The Morgan fingerprint density at radius 3 is 2.64 bits per heavy atom. The third-order valence-corrected chi connectivity index (χ3v) is 3.87. The van der Waals surface area contributed by atoms with E-state index in [1.807, 2.05) is 0 Å². The van der Waals surface area contributed by atoms with Crippen molar-refractivity contribution >= 4 is 33.9 Å². The van der Waals surface area contributed by atoms with E-state index in [1.54, 1.807) is 0 Å². The molecule has 78 valence electrons. The molecule has 0 spiro atoms. The minimum atomic E-state index is -0.533. The zero-order valence-electron chi connectivity index (χ0n) is 7.69. The second-order valence-corrected chi connectivity index (χ2v) is 4.87. The Morgan fingerprint density at radius 1 is 1.29 bits per heavy atom. The molecule has 0 aromatic heterocycles. The summed E-state index contributed by atoms with van der Waals surface area (Å²) in [6, 6.07) is 0. The second kappa shape index (κ2) is 4.37. The van der Waals surface area contributed by atoms with Crippen LogP contribution in [0, 0.1) is 0 Å². The summed E-state index contributed by atoms with van der Waals surface area (Å²) in [5, 5.41) is 0.214. The fourth-order valence-electron chi connectivity index (χ4n) is 1.45. The molecule has 0 aliphatic carbocycles. The van der Waals surface area contributed by atoms with Gasteiger partial charge in [0.2, 0.25) is 11.3 Å². The standard InChI is InChI=1S/C7H12ClN5S/c8-6-10-7(9)12-14(11-6)13-4-2-1-3-5-13/h1-5H2,(H2,9,10,11,12). The third kappa shape index (κ3) is 2.31. The Hall–Kier alpha value is -0.460. The van der Waals surface area contributed by atoms with E-state index in [0.29, 0.717) is 0 Å². The van der Waals surface area contributed by atoms with Gasteiger partial charge in [-0.15, -0.1) is 0 Å². The lowest BCUT2D eigenvalue weighted by Crippen LogP contribution is -2.32. The van der Waals surface area contributed by atoms with Gasteiger partial charge in [0.05, 0.1) is 0 Å². The van der Waals surface area contributed by atoms with E-state index in [9.17, 15) is 0 Å². The predicted octanol–water partition coefficient (Wildman–Crippen LogP) is 1.03. The molecule has 1 fully saturated rings. The number of aliphatic imine (C=N–C) groups is 1. The van der Waals surface area contributed by atoms with E-state index < -0.39 is 11.1 Å². The summed E-state index contributed by atoms with van der Waals surface area (Å²) in [6.07, 6.45) is 3.68. The maximum Gasteiger partial charge on any atom is 0.234 e. The summed E-state index contributed by atoms with van der Waals surface area (Å²) in [4.78, 5) is 3.75. The SMILES string of the molecule is NC1=NC(Cl)=NS(N2CCCCC2)=N1. The molecule has 1 saturated heterocycles. The van der Waals surface area contributed by atoms with Gasteiger partial charge in [0.1, 0.15) is 11.1 Å². The summed E-state index contributed by atoms with van der Waals surface area (Å²) in [5.74, 6) is 0.235. The van der Waals surface area contributed by atoms with Gasteiger partial charge in [-0.3, -0.25) is 0 Å². The first-order valence-electron chi connectivity index (χ1n) is 4.55. The summed E-state index contributed by atoms with van der Waals surface area (Å²) in [7, 11) is 0. The molecule has 5 nitrogen and oxygen atoms in total. The molecule has 1 unspecified atom stereocenters. The largest absolute Gasteiger partial charge is 0.367 e. The topological polar surface area (TPSA) is 66.3 Å². The van der Waals surface area contributed by atoms with E-state index in [2.05, 4.69) is 18.1 Å². The average Bonchev–Trinajstić information content (AvgIpc) is 2.18. The Labute approximate surface area is 90.4 Å². The van der Waals surface area contributed by atoms with Crippen LogP contribution in [-0.2, 0) is 11.1 Å². The molecule has 2 aliphatic heterocycles. The number of piperidine rings is 1. The molecule has 2 aliphatic rings.